The second-order valence-electron chi connectivity index (χ2n) is 0.610. The Hall–Kier alpha value is -1.12. The van der Waals surface area contributed by atoms with E-state index in [4.69, 9.17) is 0 Å². The number of rotatable bonds is 0. The van der Waals surface area contributed by atoms with Gasteiger partial charge in [0.05, 0.1) is 0 Å². The average molecular weight is 186 g/mol. The van der Waals surface area contributed by atoms with E-state index in [0.29, 0.717) is 0 Å². The molecule has 0 unspecified atom stereocenters. The molecule has 0 N–H and O–H groups in total. The maximum Gasteiger partial charge on any atom is -0.0370 e. The Morgan fingerprint density at radius 3 is 1.18 bits per heavy atom. The van der Waals surface area contributed by atoms with Crippen LogP contribution in [0, 0.1) is 0 Å². The van der Waals surface area contributed by atoms with Gasteiger partial charge in [-0.05, 0) is 19.6 Å². The van der Waals surface area contributed by atoms with Gasteiger partial charge in [-0.1, -0.05) is 11.5 Å². The van der Waals surface area contributed by atoms with Gasteiger partial charge < -0.3 is 0 Å². The summed E-state index contributed by atoms with van der Waals surface area (Å²) >= 11 is 0. The largest absolute Gasteiger partial charge is 0.269 e. The summed E-state index contributed by atoms with van der Waals surface area (Å²) in [5, 5.41) is 0. The zero-order valence-electron chi connectivity index (χ0n) is 5.73. The minimum atomic E-state index is 0. The lowest BCUT2D eigenvalue weighted by Crippen LogP contribution is -1.19. The highest BCUT2D eigenvalue weighted by Crippen LogP contribution is 1.50. The van der Waals surface area contributed by atoms with Crippen molar-refractivity contribution in [2.75, 3.05) is 0 Å². The van der Waals surface area contributed by atoms with Gasteiger partial charge >= 0.3 is 0 Å². The topological polar surface area (TPSA) is 0 Å². The molecule has 11 heavy (non-hydrogen) atoms. The van der Waals surface area contributed by atoms with Gasteiger partial charge in [0, 0.05) is 0 Å². The van der Waals surface area contributed by atoms with Crippen LogP contribution in [0.3, 0.4) is 0 Å². The summed E-state index contributed by atoms with van der Waals surface area (Å²) in [7, 11) is 0. The first kappa shape index (κ1) is 93.9. The quantitative estimate of drug-likeness (QED) is 0.402. The molecule has 0 aromatic carbocycles. The van der Waals surface area contributed by atoms with E-state index in [2.05, 4.69) is 18.0 Å². The van der Waals surface area contributed by atoms with E-state index in [1.807, 2.05) is 6.92 Å². The smallest absolute Gasteiger partial charge is 0.0370 e. The number of allylic oxidation sites excluding steroid dienone is 1. The van der Waals surface area contributed by atoms with Crippen molar-refractivity contribution in [3.8, 4) is 0 Å². The molecule has 0 aliphatic rings. The van der Waals surface area contributed by atoms with E-state index in [1.54, 1.807) is 6.08 Å². The van der Waals surface area contributed by atoms with Crippen molar-refractivity contribution < 1.29 is 28.2 Å². The number of hydrogen-bond donors (Lipinski definition) is 0. The second kappa shape index (κ2) is 156. The van der Waals surface area contributed by atoms with E-state index in [0.717, 1.165) is 0 Å². The van der Waals surface area contributed by atoms with Crippen LogP contribution < -0.4 is 0 Å². The molecule has 6 heteroatoms. The van der Waals surface area contributed by atoms with E-state index in [9.17, 15) is 0 Å². The molecular weight excluding hydrogens is 174 g/mol. The first-order valence-corrected chi connectivity index (χ1v) is 1.47. The highest BCUT2D eigenvalue weighted by atomic mass is 19.0. The summed E-state index contributed by atoms with van der Waals surface area (Å²) in [5.74, 6) is 0. The van der Waals surface area contributed by atoms with E-state index in [1.165, 1.54) is 0 Å². The molecule has 0 aliphatic carbocycles. The van der Waals surface area contributed by atoms with Gasteiger partial charge in [0.2, 0.25) is 0 Å². The standard InChI is InChI=1S/C5H6.6FH/c1-3-5-4-2;;;;;;/h4H,1H2,2H3;6*1H. The molecule has 74 valence electrons. The van der Waals surface area contributed by atoms with Gasteiger partial charge in [0.1, 0.15) is 0 Å². The predicted octanol–water partition coefficient (Wildman–Crippen LogP) is 2.42. The second-order valence-corrected chi connectivity index (χ2v) is 0.610. The van der Waals surface area contributed by atoms with Gasteiger partial charge in [-0.3, -0.25) is 28.2 Å². The van der Waals surface area contributed by atoms with Crippen molar-refractivity contribution in [2.24, 2.45) is 0 Å². The van der Waals surface area contributed by atoms with Crippen LogP contribution >= 0.6 is 0 Å². The molecule has 0 nitrogen and oxygen atoms in total. The zero-order valence-corrected chi connectivity index (χ0v) is 5.73. The minimum Gasteiger partial charge on any atom is -0.269 e. The molecule has 0 spiro atoms. The van der Waals surface area contributed by atoms with Crippen molar-refractivity contribution in [3.05, 3.63) is 24.1 Å². The molecule has 0 radical (unpaired) electrons. The maximum atomic E-state index is 3.28. The molecule has 0 saturated carbocycles. The summed E-state index contributed by atoms with van der Waals surface area (Å²) in [6, 6.07) is 0. The zero-order chi connectivity index (χ0) is 4.12. The predicted molar refractivity (Wildman–Crippen MR) is 37.9 cm³/mol. The minimum absolute atomic E-state index is 0. The van der Waals surface area contributed by atoms with Gasteiger partial charge in [-0.2, -0.15) is 0 Å². The summed E-state index contributed by atoms with van der Waals surface area (Å²) in [6.45, 7) is 5.16. The highest BCUT2D eigenvalue weighted by Gasteiger charge is 1.29. The Kier molecular flexibility index (Phi) is 1330. The Labute approximate surface area is 60.5 Å². The fraction of sp³-hybridized carbons (Fsp3) is 0.200. The van der Waals surface area contributed by atoms with Crippen LogP contribution in [0.2, 0.25) is 0 Å². The molecule has 0 rings (SSSR count). The Morgan fingerprint density at radius 1 is 0.909 bits per heavy atom. The lowest BCUT2D eigenvalue weighted by atomic mass is 10.7. The number of halogens is 6. The van der Waals surface area contributed by atoms with Crippen LogP contribution in [0.25, 0.3) is 0 Å². The Bertz CT molecular complexity index is 89.1. The van der Waals surface area contributed by atoms with Crippen LogP contribution in [0.5, 0.6) is 0 Å². The van der Waals surface area contributed by atoms with E-state index >= 15 is 0 Å². The molecule has 0 heterocycles. The maximum absolute atomic E-state index is 3.28. The highest BCUT2D eigenvalue weighted by molar-refractivity contribution is 4.75. The number of hydrogen-bond acceptors (Lipinski definition) is 0. The van der Waals surface area contributed by atoms with Crippen LogP contribution in [-0.4, -0.2) is 0 Å². The Balaban J connectivity index is -0.00000000533. The average Bonchev–Trinajstić information content (AvgIpc) is 1.41. The summed E-state index contributed by atoms with van der Waals surface area (Å²) in [4.78, 5) is 0. The lowest BCUT2D eigenvalue weighted by Gasteiger charge is -1.40. The lowest BCUT2D eigenvalue weighted by molar-refractivity contribution is 1.11. The molecule has 0 bridgehead atoms. The third-order valence-corrected chi connectivity index (χ3v) is 0.246. The van der Waals surface area contributed by atoms with Crippen molar-refractivity contribution in [1.82, 2.24) is 0 Å². The van der Waals surface area contributed by atoms with Crippen LogP contribution in [0.1, 0.15) is 6.92 Å². The van der Waals surface area contributed by atoms with Crippen molar-refractivity contribution in [3.63, 3.8) is 0 Å². The fourth-order valence-corrected chi connectivity index (χ4v) is 0.102. The van der Waals surface area contributed by atoms with Gasteiger partial charge in [0.25, 0.3) is 0 Å². The van der Waals surface area contributed by atoms with Crippen LogP contribution in [0.15, 0.2) is 24.1 Å². The fourth-order valence-electron chi connectivity index (χ4n) is 0.102. The molecule has 0 fully saturated rings. The van der Waals surface area contributed by atoms with Crippen molar-refractivity contribution in [2.45, 2.75) is 6.92 Å². The van der Waals surface area contributed by atoms with Crippen molar-refractivity contribution >= 4 is 0 Å². The molecule has 0 saturated heterocycles. The SMILES string of the molecule is C=C=C=CC.F.F.F.F.F.F. The summed E-state index contributed by atoms with van der Waals surface area (Å²) in [6.07, 6.45) is 1.76. The van der Waals surface area contributed by atoms with E-state index < -0.39 is 0 Å². The first-order chi connectivity index (χ1) is 2.41. The summed E-state index contributed by atoms with van der Waals surface area (Å²) in [5.41, 5.74) is 5.09. The first-order valence-electron chi connectivity index (χ1n) is 1.47. The van der Waals surface area contributed by atoms with E-state index in [-0.39, 0.29) is 28.2 Å². The Morgan fingerprint density at radius 2 is 1.18 bits per heavy atom. The van der Waals surface area contributed by atoms with Crippen LogP contribution in [-0.2, 0) is 0 Å². The van der Waals surface area contributed by atoms with Crippen molar-refractivity contribution in [1.29, 1.82) is 0 Å². The van der Waals surface area contributed by atoms with Crippen LogP contribution in [0.4, 0.5) is 28.2 Å². The summed E-state index contributed by atoms with van der Waals surface area (Å²) < 4.78 is 0. The monoisotopic (exact) mass is 186 g/mol. The van der Waals surface area contributed by atoms with Gasteiger partial charge in [0.15, 0.2) is 0 Å². The molecule has 0 aliphatic heterocycles. The molecule has 0 atom stereocenters. The molecule has 0 amide bonds. The third kappa shape index (κ3) is 543. The van der Waals surface area contributed by atoms with Gasteiger partial charge in [-0.15, -0.1) is 0 Å². The normalized spacial score (nSPS) is 1.91. The molecule has 0 aromatic rings. The molecular formula is C5H12F6. The molecule has 0 aromatic heterocycles. The van der Waals surface area contributed by atoms with Gasteiger partial charge in [-0.25, -0.2) is 0 Å². The third-order valence-electron chi connectivity index (χ3n) is 0.246.